The Hall–Kier alpha value is -1.92. The molecule has 0 aliphatic heterocycles. The number of anilines is 1. The number of nitrogens with two attached hydrogens (primary N) is 1. The summed E-state index contributed by atoms with van der Waals surface area (Å²) in [6.07, 6.45) is 0. The van der Waals surface area contributed by atoms with Crippen LogP contribution in [-0.2, 0) is 11.3 Å². The highest BCUT2D eigenvalue weighted by Crippen LogP contribution is 2.19. The van der Waals surface area contributed by atoms with Crippen molar-refractivity contribution in [2.45, 2.75) is 20.4 Å². The van der Waals surface area contributed by atoms with Crippen LogP contribution in [0.2, 0.25) is 0 Å². The molecule has 0 aliphatic rings. The van der Waals surface area contributed by atoms with Gasteiger partial charge in [-0.25, -0.2) is 4.98 Å². The zero-order valence-corrected chi connectivity index (χ0v) is 12.7. The number of likely N-dealkylation sites (N-methyl/N-ethyl adjacent to an activating group) is 1. The summed E-state index contributed by atoms with van der Waals surface area (Å²) in [4.78, 5) is 18.4. The minimum absolute atomic E-state index is 0.0424. The summed E-state index contributed by atoms with van der Waals surface area (Å²) in [7, 11) is 0. The molecule has 21 heavy (non-hydrogen) atoms. The highest BCUT2D eigenvalue weighted by atomic mass is 16.2. The van der Waals surface area contributed by atoms with Crippen LogP contribution < -0.4 is 11.1 Å². The minimum Gasteiger partial charge on any atom is -0.322 e. The quantitative estimate of drug-likeness (QED) is 0.805. The van der Waals surface area contributed by atoms with Crippen molar-refractivity contribution in [3.63, 3.8) is 0 Å². The highest BCUT2D eigenvalue weighted by molar-refractivity contribution is 5.92. The van der Waals surface area contributed by atoms with Crippen LogP contribution >= 0.6 is 0 Å². The van der Waals surface area contributed by atoms with Gasteiger partial charge in [-0.1, -0.05) is 26.0 Å². The van der Waals surface area contributed by atoms with Gasteiger partial charge < -0.3 is 15.2 Å². The van der Waals surface area contributed by atoms with Gasteiger partial charge in [0, 0.05) is 13.1 Å². The first-order chi connectivity index (χ1) is 10.2. The molecular formula is C15H23N5O. The van der Waals surface area contributed by atoms with Crippen LogP contribution in [-0.4, -0.2) is 46.5 Å². The molecule has 0 bridgehead atoms. The Morgan fingerprint density at radius 3 is 2.71 bits per heavy atom. The Kier molecular flexibility index (Phi) is 5.30. The fraction of sp³-hybridized carbons (Fsp3) is 0.467. The fourth-order valence-electron chi connectivity index (χ4n) is 2.35. The molecule has 0 saturated carbocycles. The van der Waals surface area contributed by atoms with Crippen LogP contribution in [0.4, 0.5) is 5.95 Å². The van der Waals surface area contributed by atoms with Gasteiger partial charge in [-0.05, 0) is 25.2 Å². The third-order valence-electron chi connectivity index (χ3n) is 3.63. The van der Waals surface area contributed by atoms with E-state index in [0.29, 0.717) is 5.95 Å². The molecule has 0 atom stereocenters. The lowest BCUT2D eigenvalue weighted by molar-refractivity contribution is -0.115. The van der Waals surface area contributed by atoms with E-state index in [1.807, 2.05) is 28.8 Å². The SMILES string of the molecule is CCN(CC)CCn1c(NC(=O)CN)nc2ccccc21. The number of carbonyl (C=O) groups is 1. The number of hydrogen-bond donors (Lipinski definition) is 2. The molecule has 0 aliphatic carbocycles. The normalized spacial score (nSPS) is 11.2. The van der Waals surface area contributed by atoms with E-state index < -0.39 is 0 Å². The molecule has 3 N–H and O–H groups in total. The minimum atomic E-state index is -0.227. The number of nitrogens with one attached hydrogen (secondary N) is 1. The number of hydrogen-bond acceptors (Lipinski definition) is 4. The molecule has 114 valence electrons. The number of benzene rings is 1. The van der Waals surface area contributed by atoms with Gasteiger partial charge in [0.15, 0.2) is 0 Å². The number of nitrogens with zero attached hydrogens (tertiary/aromatic N) is 3. The summed E-state index contributed by atoms with van der Waals surface area (Å²) in [5.74, 6) is 0.341. The highest BCUT2D eigenvalue weighted by Gasteiger charge is 2.13. The Balaban J connectivity index is 2.29. The van der Waals surface area contributed by atoms with Crippen molar-refractivity contribution in [3.05, 3.63) is 24.3 Å². The van der Waals surface area contributed by atoms with Crippen LogP contribution in [0.15, 0.2) is 24.3 Å². The van der Waals surface area contributed by atoms with Crippen LogP contribution in [0.1, 0.15) is 13.8 Å². The number of carbonyl (C=O) groups excluding carboxylic acids is 1. The molecule has 0 spiro atoms. The molecule has 2 rings (SSSR count). The van der Waals surface area contributed by atoms with E-state index in [4.69, 9.17) is 5.73 Å². The summed E-state index contributed by atoms with van der Waals surface area (Å²) < 4.78 is 2.04. The molecule has 0 saturated heterocycles. The molecule has 1 aromatic heterocycles. The Morgan fingerprint density at radius 1 is 1.33 bits per heavy atom. The largest absolute Gasteiger partial charge is 0.322 e. The zero-order valence-electron chi connectivity index (χ0n) is 12.7. The van der Waals surface area contributed by atoms with Gasteiger partial charge in [-0.3, -0.25) is 10.1 Å². The van der Waals surface area contributed by atoms with Crippen molar-refractivity contribution in [1.82, 2.24) is 14.5 Å². The zero-order chi connectivity index (χ0) is 15.2. The summed E-state index contributed by atoms with van der Waals surface area (Å²) in [6.45, 7) is 7.96. The molecule has 0 fully saturated rings. The third kappa shape index (κ3) is 3.59. The van der Waals surface area contributed by atoms with E-state index in [0.717, 1.165) is 37.2 Å². The van der Waals surface area contributed by atoms with Crippen molar-refractivity contribution >= 4 is 22.9 Å². The molecule has 1 amide bonds. The lowest BCUT2D eigenvalue weighted by Gasteiger charge is -2.19. The second-order valence-corrected chi connectivity index (χ2v) is 4.85. The Bertz CT molecular complexity index is 603. The van der Waals surface area contributed by atoms with Gasteiger partial charge in [-0.15, -0.1) is 0 Å². The molecule has 6 nitrogen and oxygen atoms in total. The standard InChI is InChI=1S/C15H23N5O/c1-3-19(4-2)9-10-20-13-8-6-5-7-12(13)17-15(20)18-14(21)11-16/h5-8H,3-4,9-11,16H2,1-2H3,(H,17,18,21). The lowest BCUT2D eigenvalue weighted by Crippen LogP contribution is -2.28. The number of amides is 1. The van der Waals surface area contributed by atoms with Crippen molar-refractivity contribution in [2.24, 2.45) is 5.73 Å². The maximum Gasteiger partial charge on any atom is 0.240 e. The second kappa shape index (κ2) is 7.19. The predicted molar refractivity (Wildman–Crippen MR) is 85.2 cm³/mol. The molecule has 0 unspecified atom stereocenters. The van der Waals surface area contributed by atoms with E-state index in [9.17, 15) is 4.79 Å². The molecule has 1 aromatic carbocycles. The number of aromatic nitrogens is 2. The van der Waals surface area contributed by atoms with E-state index in [2.05, 4.69) is 29.0 Å². The Labute approximate surface area is 124 Å². The summed E-state index contributed by atoms with van der Waals surface area (Å²) in [6, 6.07) is 7.88. The van der Waals surface area contributed by atoms with E-state index in [1.165, 1.54) is 0 Å². The second-order valence-electron chi connectivity index (χ2n) is 4.85. The molecule has 2 aromatic rings. The predicted octanol–water partition coefficient (Wildman–Crippen LogP) is 1.28. The first-order valence-corrected chi connectivity index (χ1v) is 7.37. The van der Waals surface area contributed by atoms with E-state index in [1.54, 1.807) is 0 Å². The lowest BCUT2D eigenvalue weighted by atomic mass is 10.3. The smallest absolute Gasteiger partial charge is 0.240 e. The van der Waals surface area contributed by atoms with Crippen LogP contribution in [0.5, 0.6) is 0 Å². The van der Waals surface area contributed by atoms with Crippen LogP contribution in [0.25, 0.3) is 11.0 Å². The van der Waals surface area contributed by atoms with Crippen molar-refractivity contribution in [1.29, 1.82) is 0 Å². The van der Waals surface area contributed by atoms with E-state index >= 15 is 0 Å². The molecule has 0 radical (unpaired) electrons. The maximum atomic E-state index is 11.6. The van der Waals surface area contributed by atoms with Crippen LogP contribution in [0, 0.1) is 0 Å². The van der Waals surface area contributed by atoms with Gasteiger partial charge >= 0.3 is 0 Å². The molecule has 1 heterocycles. The van der Waals surface area contributed by atoms with Gasteiger partial charge in [-0.2, -0.15) is 0 Å². The molecule has 6 heteroatoms. The summed E-state index contributed by atoms with van der Waals surface area (Å²) >= 11 is 0. The van der Waals surface area contributed by atoms with Gasteiger partial charge in [0.1, 0.15) is 0 Å². The number of para-hydroxylation sites is 2. The van der Waals surface area contributed by atoms with Crippen molar-refractivity contribution in [2.75, 3.05) is 31.5 Å². The summed E-state index contributed by atoms with van der Waals surface area (Å²) in [5, 5.41) is 2.78. The number of imidazole rings is 1. The Morgan fingerprint density at radius 2 is 2.05 bits per heavy atom. The number of fused-ring (bicyclic) bond motifs is 1. The first kappa shape index (κ1) is 15.5. The summed E-state index contributed by atoms with van der Waals surface area (Å²) in [5.41, 5.74) is 7.28. The van der Waals surface area contributed by atoms with Crippen molar-refractivity contribution in [3.8, 4) is 0 Å². The maximum absolute atomic E-state index is 11.6. The number of rotatable bonds is 7. The molecular weight excluding hydrogens is 266 g/mol. The van der Waals surface area contributed by atoms with Gasteiger partial charge in [0.05, 0.1) is 17.6 Å². The van der Waals surface area contributed by atoms with Crippen LogP contribution in [0.3, 0.4) is 0 Å². The van der Waals surface area contributed by atoms with E-state index in [-0.39, 0.29) is 12.5 Å². The van der Waals surface area contributed by atoms with Gasteiger partial charge in [0.2, 0.25) is 11.9 Å². The monoisotopic (exact) mass is 289 g/mol. The van der Waals surface area contributed by atoms with Gasteiger partial charge in [0.25, 0.3) is 0 Å². The topological polar surface area (TPSA) is 76.2 Å². The average Bonchev–Trinajstić information content (AvgIpc) is 2.85. The average molecular weight is 289 g/mol. The first-order valence-electron chi connectivity index (χ1n) is 7.37. The third-order valence-corrected chi connectivity index (χ3v) is 3.63. The fourth-order valence-corrected chi connectivity index (χ4v) is 2.35. The van der Waals surface area contributed by atoms with Crippen molar-refractivity contribution < 1.29 is 4.79 Å².